The average molecular weight is 275 g/mol. The van der Waals surface area contributed by atoms with E-state index in [0.717, 1.165) is 18.6 Å². The van der Waals surface area contributed by atoms with Gasteiger partial charge in [-0.15, -0.1) is 0 Å². The van der Waals surface area contributed by atoms with E-state index >= 15 is 0 Å². The first-order valence-electron chi connectivity index (χ1n) is 6.48. The summed E-state index contributed by atoms with van der Waals surface area (Å²) in [6.07, 6.45) is 1.81. The van der Waals surface area contributed by atoms with E-state index < -0.39 is 12.0 Å². The molecule has 0 aromatic heterocycles. The minimum Gasteiger partial charge on any atom is -0.480 e. The lowest BCUT2D eigenvalue weighted by atomic mass is 9.99. The number of carbonyl (C=O) groups excluding carboxylic acids is 1. The zero-order valence-corrected chi connectivity index (χ0v) is 12.5. The van der Waals surface area contributed by atoms with Gasteiger partial charge in [0, 0.05) is 0 Å². The fourth-order valence-corrected chi connectivity index (χ4v) is 2.43. The van der Waals surface area contributed by atoms with E-state index in [1.807, 2.05) is 13.8 Å². The van der Waals surface area contributed by atoms with E-state index in [1.54, 1.807) is 11.8 Å². The summed E-state index contributed by atoms with van der Waals surface area (Å²) in [6, 6.07) is -0.770. The van der Waals surface area contributed by atoms with Crippen LogP contribution in [0.3, 0.4) is 0 Å². The minimum absolute atomic E-state index is 0.0490. The van der Waals surface area contributed by atoms with Crippen LogP contribution < -0.4 is 5.32 Å². The van der Waals surface area contributed by atoms with Crippen LogP contribution >= 0.6 is 11.8 Å². The van der Waals surface area contributed by atoms with E-state index in [2.05, 4.69) is 19.2 Å². The first-order chi connectivity index (χ1) is 8.38. The number of carboxylic acid groups (broad SMARTS) is 1. The third-order valence-electron chi connectivity index (χ3n) is 2.87. The van der Waals surface area contributed by atoms with Crippen LogP contribution in [-0.4, -0.2) is 34.5 Å². The highest BCUT2D eigenvalue weighted by molar-refractivity contribution is 7.99. The van der Waals surface area contributed by atoms with E-state index in [4.69, 9.17) is 5.11 Å². The van der Waals surface area contributed by atoms with Crippen LogP contribution in [0, 0.1) is 11.8 Å². The highest BCUT2D eigenvalue weighted by Crippen LogP contribution is 2.10. The van der Waals surface area contributed by atoms with Gasteiger partial charge < -0.3 is 10.4 Å². The highest BCUT2D eigenvalue weighted by atomic mass is 32.2. The van der Waals surface area contributed by atoms with Crippen LogP contribution in [0.25, 0.3) is 0 Å². The van der Waals surface area contributed by atoms with Crippen molar-refractivity contribution in [1.82, 2.24) is 5.32 Å². The second kappa shape index (κ2) is 9.25. The van der Waals surface area contributed by atoms with Gasteiger partial charge in [-0.2, -0.15) is 11.8 Å². The normalized spacial score (nSPS) is 14.3. The van der Waals surface area contributed by atoms with Crippen LogP contribution in [0.5, 0.6) is 0 Å². The molecule has 0 saturated carbocycles. The number of carboxylic acids is 1. The molecule has 0 bridgehead atoms. The molecule has 4 nitrogen and oxygen atoms in total. The van der Waals surface area contributed by atoms with E-state index in [9.17, 15) is 9.59 Å². The Morgan fingerprint density at radius 2 is 1.89 bits per heavy atom. The van der Waals surface area contributed by atoms with Crippen LogP contribution in [-0.2, 0) is 9.59 Å². The molecule has 0 aliphatic rings. The summed E-state index contributed by atoms with van der Waals surface area (Å²) in [5.41, 5.74) is 0. The maximum atomic E-state index is 11.6. The summed E-state index contributed by atoms with van der Waals surface area (Å²) in [5.74, 6) is 0.722. The van der Waals surface area contributed by atoms with Crippen molar-refractivity contribution >= 4 is 23.6 Å². The molecule has 5 heteroatoms. The first-order valence-corrected chi connectivity index (χ1v) is 7.63. The van der Waals surface area contributed by atoms with Gasteiger partial charge in [-0.3, -0.25) is 4.79 Å². The van der Waals surface area contributed by atoms with Crippen LogP contribution in [0.2, 0.25) is 0 Å². The molecular formula is C13H25NO3S. The van der Waals surface area contributed by atoms with Crippen LogP contribution in [0.4, 0.5) is 0 Å². The summed E-state index contributed by atoms with van der Waals surface area (Å²) < 4.78 is 0. The lowest BCUT2D eigenvalue weighted by Gasteiger charge is -2.20. The van der Waals surface area contributed by atoms with Gasteiger partial charge in [-0.25, -0.2) is 4.79 Å². The van der Waals surface area contributed by atoms with Crippen molar-refractivity contribution in [2.75, 3.05) is 11.5 Å². The molecule has 0 heterocycles. The standard InChI is InChI=1S/C13H25NO3S/c1-5-10(4)12(13(16)17)14-11(15)8-18-7-6-9(2)3/h9-10,12H,5-8H2,1-4H3,(H,14,15)(H,16,17). The fraction of sp³-hybridized carbons (Fsp3) is 0.846. The lowest BCUT2D eigenvalue weighted by Crippen LogP contribution is -2.45. The van der Waals surface area contributed by atoms with Gasteiger partial charge >= 0.3 is 5.97 Å². The van der Waals surface area contributed by atoms with E-state index in [1.165, 1.54) is 0 Å². The topological polar surface area (TPSA) is 66.4 Å². The second-order valence-electron chi connectivity index (χ2n) is 5.00. The Balaban J connectivity index is 4.00. The molecule has 106 valence electrons. The van der Waals surface area contributed by atoms with Gasteiger partial charge in [-0.1, -0.05) is 34.1 Å². The van der Waals surface area contributed by atoms with Crippen LogP contribution in [0.1, 0.15) is 40.5 Å². The molecule has 0 radical (unpaired) electrons. The van der Waals surface area contributed by atoms with Crippen molar-refractivity contribution in [1.29, 1.82) is 0 Å². The van der Waals surface area contributed by atoms with Crippen molar-refractivity contribution in [3.05, 3.63) is 0 Å². The lowest BCUT2D eigenvalue weighted by molar-refractivity contribution is -0.143. The van der Waals surface area contributed by atoms with Crippen molar-refractivity contribution in [3.63, 3.8) is 0 Å². The third kappa shape index (κ3) is 7.58. The maximum absolute atomic E-state index is 11.6. The molecule has 0 aromatic carbocycles. The minimum atomic E-state index is -0.954. The van der Waals surface area contributed by atoms with Crippen molar-refractivity contribution < 1.29 is 14.7 Å². The Bertz CT molecular complexity index is 269. The number of hydrogen-bond acceptors (Lipinski definition) is 3. The fourth-order valence-electron chi connectivity index (χ4n) is 1.38. The summed E-state index contributed by atoms with van der Waals surface area (Å²) in [5, 5.41) is 11.6. The monoisotopic (exact) mass is 275 g/mol. The quantitative estimate of drug-likeness (QED) is 0.634. The molecule has 1 amide bonds. The van der Waals surface area contributed by atoms with Crippen LogP contribution in [0.15, 0.2) is 0 Å². The van der Waals surface area contributed by atoms with E-state index in [0.29, 0.717) is 11.7 Å². The van der Waals surface area contributed by atoms with Crippen molar-refractivity contribution in [3.8, 4) is 0 Å². The zero-order valence-electron chi connectivity index (χ0n) is 11.7. The molecular weight excluding hydrogens is 250 g/mol. The van der Waals surface area contributed by atoms with Gasteiger partial charge in [0.05, 0.1) is 5.75 Å². The summed E-state index contributed by atoms with van der Waals surface area (Å²) in [6.45, 7) is 8.04. The smallest absolute Gasteiger partial charge is 0.326 e. The molecule has 2 atom stereocenters. The molecule has 0 spiro atoms. The summed E-state index contributed by atoms with van der Waals surface area (Å²) in [7, 11) is 0. The van der Waals surface area contributed by atoms with Gasteiger partial charge in [0.2, 0.25) is 5.91 Å². The SMILES string of the molecule is CCC(C)C(NC(=O)CSCCC(C)C)C(=O)O. The van der Waals surface area contributed by atoms with Crippen molar-refractivity contribution in [2.45, 2.75) is 46.6 Å². The molecule has 0 aliphatic heterocycles. The number of nitrogens with one attached hydrogen (secondary N) is 1. The number of hydrogen-bond donors (Lipinski definition) is 2. The van der Waals surface area contributed by atoms with Gasteiger partial charge in [0.25, 0.3) is 0 Å². The molecule has 0 rings (SSSR count). The molecule has 2 unspecified atom stereocenters. The predicted octanol–water partition coefficient (Wildman–Crippen LogP) is 2.38. The molecule has 0 fully saturated rings. The number of amides is 1. The largest absolute Gasteiger partial charge is 0.480 e. The first kappa shape index (κ1) is 17.3. The maximum Gasteiger partial charge on any atom is 0.326 e. The Morgan fingerprint density at radius 1 is 1.28 bits per heavy atom. The Labute approximate surface area is 114 Å². The molecule has 2 N–H and O–H groups in total. The third-order valence-corrected chi connectivity index (χ3v) is 3.86. The zero-order chi connectivity index (χ0) is 14.1. The number of thioether (sulfide) groups is 1. The van der Waals surface area contributed by atoms with Crippen molar-refractivity contribution in [2.24, 2.45) is 11.8 Å². The molecule has 0 saturated heterocycles. The van der Waals surface area contributed by atoms with Gasteiger partial charge in [-0.05, 0) is 24.0 Å². The summed E-state index contributed by atoms with van der Waals surface area (Å²) in [4.78, 5) is 22.7. The van der Waals surface area contributed by atoms with Gasteiger partial charge in [0.15, 0.2) is 0 Å². The molecule has 0 aliphatic carbocycles. The Hall–Kier alpha value is -0.710. The molecule has 18 heavy (non-hydrogen) atoms. The Kier molecular flexibility index (Phi) is 8.89. The number of aliphatic carboxylic acids is 1. The predicted molar refractivity (Wildman–Crippen MR) is 75.8 cm³/mol. The van der Waals surface area contributed by atoms with E-state index in [-0.39, 0.29) is 11.8 Å². The Morgan fingerprint density at radius 3 is 2.33 bits per heavy atom. The number of carbonyl (C=O) groups is 2. The number of rotatable bonds is 9. The van der Waals surface area contributed by atoms with Gasteiger partial charge in [0.1, 0.15) is 6.04 Å². The average Bonchev–Trinajstić information content (AvgIpc) is 2.30. The second-order valence-corrected chi connectivity index (χ2v) is 6.11. The molecule has 0 aromatic rings. The summed E-state index contributed by atoms with van der Waals surface area (Å²) >= 11 is 1.56. The highest BCUT2D eigenvalue weighted by Gasteiger charge is 2.24.